The Bertz CT molecular complexity index is 142. The first-order chi connectivity index (χ1) is 6.08. The van der Waals surface area contributed by atoms with Crippen LogP contribution in [0, 0.1) is 0 Å². The summed E-state index contributed by atoms with van der Waals surface area (Å²) in [5, 5.41) is 10.7. The molecule has 3 atom stereocenters. The van der Waals surface area contributed by atoms with Gasteiger partial charge in [0.2, 0.25) is 0 Å². The van der Waals surface area contributed by atoms with Crippen molar-refractivity contribution in [3.8, 4) is 0 Å². The summed E-state index contributed by atoms with van der Waals surface area (Å²) in [5.41, 5.74) is 0. The van der Waals surface area contributed by atoms with Gasteiger partial charge in [0.25, 0.3) is 0 Å². The largest absolute Gasteiger partial charge is 0.393 e. The van der Waals surface area contributed by atoms with E-state index in [1.807, 2.05) is 6.92 Å². The zero-order chi connectivity index (χ0) is 9.84. The van der Waals surface area contributed by atoms with Gasteiger partial charge in [-0.15, -0.1) is 0 Å². The normalized spacial score (nSPS) is 33.2. The molecule has 1 aliphatic rings. The number of hydrogen-bond donors (Lipinski definition) is 1. The Balaban J connectivity index is 2.25. The van der Waals surface area contributed by atoms with Crippen LogP contribution in [0.15, 0.2) is 0 Å². The van der Waals surface area contributed by atoms with Crippen molar-refractivity contribution < 1.29 is 5.11 Å². The maximum Gasteiger partial charge on any atom is 0.0524 e. The first-order valence-electron chi connectivity index (χ1n) is 5.14. The summed E-state index contributed by atoms with van der Waals surface area (Å²) >= 11 is 2.08. The average molecular weight is 203 g/mol. The van der Waals surface area contributed by atoms with Gasteiger partial charge in [-0.25, -0.2) is 0 Å². The van der Waals surface area contributed by atoms with E-state index in [0.717, 1.165) is 23.5 Å². The van der Waals surface area contributed by atoms with Gasteiger partial charge in [0.05, 0.1) is 6.10 Å². The summed E-state index contributed by atoms with van der Waals surface area (Å²) in [4.78, 5) is 2.47. The lowest BCUT2D eigenvalue weighted by Gasteiger charge is -2.34. The lowest BCUT2D eigenvalue weighted by atomic mass is 10.2. The Kier molecular flexibility index (Phi) is 4.56. The van der Waals surface area contributed by atoms with Crippen LogP contribution in [0.4, 0.5) is 0 Å². The monoisotopic (exact) mass is 203 g/mol. The van der Waals surface area contributed by atoms with Gasteiger partial charge in [-0.2, -0.15) is 11.8 Å². The number of aliphatic hydroxyl groups excluding tert-OH is 1. The van der Waals surface area contributed by atoms with Crippen LogP contribution in [0.2, 0.25) is 0 Å². The number of rotatable bonds is 3. The molecule has 0 aliphatic carbocycles. The fraction of sp³-hybridized carbons (Fsp3) is 1.00. The second-order valence-corrected chi connectivity index (χ2v) is 6.04. The predicted molar refractivity (Wildman–Crippen MR) is 59.3 cm³/mol. The van der Waals surface area contributed by atoms with E-state index >= 15 is 0 Å². The minimum absolute atomic E-state index is 0.153. The highest BCUT2D eigenvalue weighted by atomic mass is 32.2. The van der Waals surface area contributed by atoms with Crippen LogP contribution in [-0.2, 0) is 0 Å². The second-order valence-electron chi connectivity index (χ2n) is 4.15. The third-order valence-electron chi connectivity index (χ3n) is 2.36. The molecular formula is C10H21NOS. The van der Waals surface area contributed by atoms with Crippen LogP contribution < -0.4 is 0 Å². The molecule has 3 heteroatoms. The Labute approximate surface area is 85.7 Å². The van der Waals surface area contributed by atoms with E-state index in [0.29, 0.717) is 0 Å². The van der Waals surface area contributed by atoms with E-state index in [1.54, 1.807) is 0 Å². The number of aliphatic hydroxyl groups is 1. The van der Waals surface area contributed by atoms with Crippen molar-refractivity contribution in [2.75, 3.05) is 19.6 Å². The fourth-order valence-electron chi connectivity index (χ4n) is 1.84. The number of nitrogens with zero attached hydrogens (tertiary/aromatic N) is 1. The molecule has 0 amide bonds. The van der Waals surface area contributed by atoms with Crippen molar-refractivity contribution in [2.45, 2.75) is 43.8 Å². The Morgan fingerprint density at radius 3 is 2.38 bits per heavy atom. The van der Waals surface area contributed by atoms with E-state index in [4.69, 9.17) is 0 Å². The van der Waals surface area contributed by atoms with Crippen LogP contribution in [0.3, 0.4) is 0 Å². The summed E-state index contributed by atoms with van der Waals surface area (Å²) in [7, 11) is 0. The first-order valence-corrected chi connectivity index (χ1v) is 6.08. The molecule has 0 aromatic rings. The van der Waals surface area contributed by atoms with E-state index < -0.39 is 0 Å². The number of hydrogen-bond acceptors (Lipinski definition) is 3. The fourth-order valence-corrected chi connectivity index (χ4v) is 3.22. The summed E-state index contributed by atoms with van der Waals surface area (Å²) in [6.45, 7) is 9.85. The molecule has 1 heterocycles. The SMILES string of the molecule is CC(O)CCN1CC(C)SC(C)C1. The molecule has 0 spiro atoms. The molecule has 2 nitrogen and oxygen atoms in total. The molecule has 1 fully saturated rings. The van der Waals surface area contributed by atoms with Crippen LogP contribution in [0.1, 0.15) is 27.2 Å². The lowest BCUT2D eigenvalue weighted by molar-refractivity contribution is 0.155. The van der Waals surface area contributed by atoms with E-state index in [-0.39, 0.29) is 6.10 Å². The molecule has 0 saturated carbocycles. The van der Waals surface area contributed by atoms with Crippen molar-refractivity contribution in [3.63, 3.8) is 0 Å². The zero-order valence-corrected chi connectivity index (χ0v) is 9.68. The zero-order valence-electron chi connectivity index (χ0n) is 8.86. The minimum Gasteiger partial charge on any atom is -0.393 e. The standard InChI is InChI=1S/C10H21NOS/c1-8(12)4-5-11-6-9(2)13-10(3)7-11/h8-10,12H,4-7H2,1-3H3. The van der Waals surface area contributed by atoms with Gasteiger partial charge >= 0.3 is 0 Å². The quantitative estimate of drug-likeness (QED) is 0.753. The molecule has 0 aromatic heterocycles. The van der Waals surface area contributed by atoms with Gasteiger partial charge in [-0.3, -0.25) is 0 Å². The maximum absolute atomic E-state index is 9.18. The molecule has 0 radical (unpaired) electrons. The van der Waals surface area contributed by atoms with Gasteiger partial charge in [0, 0.05) is 30.1 Å². The summed E-state index contributed by atoms with van der Waals surface area (Å²) in [6.07, 6.45) is 0.754. The van der Waals surface area contributed by atoms with Crippen molar-refractivity contribution >= 4 is 11.8 Å². The molecule has 1 saturated heterocycles. The molecule has 13 heavy (non-hydrogen) atoms. The van der Waals surface area contributed by atoms with Gasteiger partial charge in [-0.1, -0.05) is 13.8 Å². The van der Waals surface area contributed by atoms with Crippen molar-refractivity contribution in [3.05, 3.63) is 0 Å². The van der Waals surface area contributed by atoms with Crippen LogP contribution in [-0.4, -0.2) is 46.2 Å². The Morgan fingerprint density at radius 1 is 1.38 bits per heavy atom. The molecule has 3 unspecified atom stereocenters. The predicted octanol–water partition coefficient (Wildman–Crippen LogP) is 1.58. The van der Waals surface area contributed by atoms with Crippen molar-refractivity contribution in [1.82, 2.24) is 4.90 Å². The van der Waals surface area contributed by atoms with Crippen LogP contribution >= 0.6 is 11.8 Å². The maximum atomic E-state index is 9.18. The van der Waals surface area contributed by atoms with Crippen molar-refractivity contribution in [2.24, 2.45) is 0 Å². The first kappa shape index (κ1) is 11.3. The highest BCUT2D eigenvalue weighted by molar-refractivity contribution is 8.00. The lowest BCUT2D eigenvalue weighted by Crippen LogP contribution is -2.41. The average Bonchev–Trinajstić information content (AvgIpc) is 1.99. The Hall–Kier alpha value is 0.270. The van der Waals surface area contributed by atoms with Gasteiger partial charge < -0.3 is 10.0 Å². The molecular weight excluding hydrogens is 182 g/mol. The van der Waals surface area contributed by atoms with E-state index in [1.165, 1.54) is 13.1 Å². The molecule has 1 rings (SSSR count). The highest BCUT2D eigenvalue weighted by Crippen LogP contribution is 2.24. The van der Waals surface area contributed by atoms with Gasteiger partial charge in [0.15, 0.2) is 0 Å². The molecule has 1 aliphatic heterocycles. The van der Waals surface area contributed by atoms with Crippen molar-refractivity contribution in [1.29, 1.82) is 0 Å². The minimum atomic E-state index is -0.153. The molecule has 0 bridgehead atoms. The Morgan fingerprint density at radius 2 is 1.92 bits per heavy atom. The summed E-state index contributed by atoms with van der Waals surface area (Å²) in [6, 6.07) is 0. The summed E-state index contributed by atoms with van der Waals surface area (Å²) < 4.78 is 0. The summed E-state index contributed by atoms with van der Waals surface area (Å²) in [5.74, 6) is 0. The second kappa shape index (κ2) is 5.23. The van der Waals surface area contributed by atoms with Crippen LogP contribution in [0.25, 0.3) is 0 Å². The van der Waals surface area contributed by atoms with Gasteiger partial charge in [0.1, 0.15) is 0 Å². The van der Waals surface area contributed by atoms with E-state index in [2.05, 4.69) is 30.5 Å². The number of thioether (sulfide) groups is 1. The topological polar surface area (TPSA) is 23.5 Å². The van der Waals surface area contributed by atoms with Crippen LogP contribution in [0.5, 0.6) is 0 Å². The third kappa shape index (κ3) is 4.34. The third-order valence-corrected chi connectivity index (χ3v) is 3.59. The van der Waals surface area contributed by atoms with Gasteiger partial charge in [-0.05, 0) is 13.3 Å². The molecule has 1 N–H and O–H groups in total. The smallest absolute Gasteiger partial charge is 0.0524 e. The highest BCUT2D eigenvalue weighted by Gasteiger charge is 2.21. The molecule has 78 valence electrons. The van der Waals surface area contributed by atoms with E-state index in [9.17, 15) is 5.11 Å². The molecule has 0 aromatic carbocycles.